The Morgan fingerprint density at radius 2 is 1.76 bits per heavy atom. The van der Waals surface area contributed by atoms with Gasteiger partial charge in [0.05, 0.1) is 34.4 Å². The van der Waals surface area contributed by atoms with Gasteiger partial charge in [-0.1, -0.05) is 34.4 Å². The molecule has 0 aliphatic heterocycles. The van der Waals surface area contributed by atoms with E-state index < -0.39 is 5.97 Å². The number of benzene rings is 1. The molecule has 0 saturated heterocycles. The third kappa shape index (κ3) is 5.07. The van der Waals surface area contributed by atoms with Crippen molar-refractivity contribution >= 4 is 40.1 Å². The minimum atomic E-state index is -1.03. The van der Waals surface area contributed by atoms with Gasteiger partial charge in [-0.15, -0.1) is 0 Å². The third-order valence-electron chi connectivity index (χ3n) is 9.14. The van der Waals surface area contributed by atoms with Crippen molar-refractivity contribution in [2.75, 3.05) is 6.61 Å². The number of ether oxygens (including phenoxy) is 2. The first kappa shape index (κ1) is 26.7. The summed E-state index contributed by atoms with van der Waals surface area (Å²) in [6.07, 6.45) is 11.4. The number of fused-ring (bicyclic) bond motifs is 4. The molecule has 1 aromatic carbocycles. The molecule has 3 aromatic heterocycles. The molecule has 0 radical (unpaired) electrons. The van der Waals surface area contributed by atoms with Crippen molar-refractivity contribution in [3.8, 4) is 17.0 Å². The molecule has 4 aliphatic rings. The Balaban J connectivity index is 1.02. The van der Waals surface area contributed by atoms with Crippen LogP contribution in [0.25, 0.3) is 22.2 Å². The molecule has 4 aliphatic carbocycles. The van der Waals surface area contributed by atoms with Crippen LogP contribution in [0, 0.1) is 5.41 Å². The predicted molar refractivity (Wildman–Crippen MR) is 154 cm³/mol. The lowest BCUT2D eigenvalue weighted by Gasteiger charge is -2.52. The Kier molecular flexibility index (Phi) is 6.68. The van der Waals surface area contributed by atoms with Gasteiger partial charge >= 0.3 is 5.97 Å². The van der Waals surface area contributed by atoms with Crippen molar-refractivity contribution in [3.63, 3.8) is 0 Å². The van der Waals surface area contributed by atoms with E-state index in [9.17, 15) is 9.90 Å². The van der Waals surface area contributed by atoms with Gasteiger partial charge < -0.3 is 19.1 Å². The number of rotatable bonds is 9. The topological polar surface area (TPSA) is 108 Å². The number of nitrogens with zero attached hydrogens (tertiary/aromatic N) is 3. The lowest BCUT2D eigenvalue weighted by Crippen LogP contribution is -2.49. The monoisotopic (exact) mass is 593 g/mol. The fraction of sp³-hybridized carbons (Fsp3) is 0.419. The Hall–Kier alpha value is -3.20. The Morgan fingerprint density at radius 1 is 1.02 bits per heavy atom. The van der Waals surface area contributed by atoms with E-state index in [4.69, 9.17) is 37.2 Å². The third-order valence-corrected chi connectivity index (χ3v) is 9.71. The largest absolute Gasteiger partial charge is 0.493 e. The van der Waals surface area contributed by atoms with E-state index in [1.54, 1.807) is 18.5 Å². The quantitative estimate of drug-likeness (QED) is 0.209. The second kappa shape index (κ2) is 10.3. The lowest BCUT2D eigenvalue weighted by atomic mass is 9.59. The summed E-state index contributed by atoms with van der Waals surface area (Å²) in [7, 11) is 0. The van der Waals surface area contributed by atoms with Crippen LogP contribution in [-0.4, -0.2) is 38.4 Å². The molecule has 4 aromatic rings. The van der Waals surface area contributed by atoms with Crippen molar-refractivity contribution in [2.45, 2.75) is 69.5 Å². The zero-order valence-electron chi connectivity index (χ0n) is 22.4. The van der Waals surface area contributed by atoms with E-state index in [0.29, 0.717) is 46.0 Å². The number of pyridine rings is 2. The number of aromatic nitrogens is 3. The zero-order valence-corrected chi connectivity index (χ0v) is 23.9. The summed E-state index contributed by atoms with van der Waals surface area (Å²) in [5.41, 5.74) is 2.88. The standard InChI is InChI=1S/C31H29Cl2N3O5/c32-22-14-34-15-23(33)26(22)27-21(28(41-36-27)18-1-2-18)16-40-31-10-7-30(8-11-31,9-12-31)17-39-20-4-6-24-19(13-20)3-5-25(35-24)29(37)38/h3-6,13-15,18H,1-2,7-12,16-17H2,(H,37,38). The Morgan fingerprint density at radius 3 is 2.44 bits per heavy atom. The summed E-state index contributed by atoms with van der Waals surface area (Å²) >= 11 is 13.0. The van der Waals surface area contributed by atoms with E-state index in [1.807, 2.05) is 18.2 Å². The fourth-order valence-electron chi connectivity index (χ4n) is 6.40. The fourth-order valence-corrected chi connectivity index (χ4v) is 6.94. The number of carbonyl (C=O) groups is 1. The van der Waals surface area contributed by atoms with E-state index in [1.165, 1.54) is 6.07 Å². The number of hydrogen-bond donors (Lipinski definition) is 1. The molecule has 4 fully saturated rings. The summed E-state index contributed by atoms with van der Waals surface area (Å²) < 4.78 is 18.9. The van der Waals surface area contributed by atoms with Gasteiger partial charge in [-0.2, -0.15) is 0 Å². The van der Waals surface area contributed by atoms with Gasteiger partial charge in [0.25, 0.3) is 0 Å². The summed E-state index contributed by atoms with van der Waals surface area (Å²) in [4.78, 5) is 19.5. The van der Waals surface area contributed by atoms with Gasteiger partial charge in [0.2, 0.25) is 0 Å². The summed E-state index contributed by atoms with van der Waals surface area (Å²) in [5.74, 6) is 1.00. The molecule has 2 bridgehead atoms. The molecule has 3 heterocycles. The Labute approximate surface area is 247 Å². The van der Waals surface area contributed by atoms with Crippen LogP contribution in [0.4, 0.5) is 0 Å². The number of halogens is 2. The molecule has 0 unspecified atom stereocenters. The van der Waals surface area contributed by atoms with Crippen LogP contribution in [0.5, 0.6) is 5.75 Å². The van der Waals surface area contributed by atoms with Crippen molar-refractivity contribution in [2.24, 2.45) is 5.41 Å². The second-order valence-corrected chi connectivity index (χ2v) is 12.6. The molecular formula is C31H29Cl2N3O5. The van der Waals surface area contributed by atoms with E-state index in [2.05, 4.69) is 15.1 Å². The number of aromatic carboxylic acids is 1. The SMILES string of the molecule is O=C(O)c1ccc2cc(OCC34CCC(OCc5c(-c6c(Cl)cncc6Cl)noc5C5CC5)(CC3)CC4)ccc2n1. The predicted octanol–water partition coefficient (Wildman–Crippen LogP) is 7.86. The minimum absolute atomic E-state index is 0.0363. The number of carboxylic acid groups (broad SMARTS) is 1. The average Bonchev–Trinajstić information content (AvgIpc) is 3.75. The molecule has 212 valence electrons. The number of carboxylic acids is 1. The second-order valence-electron chi connectivity index (χ2n) is 11.7. The molecule has 41 heavy (non-hydrogen) atoms. The molecule has 4 saturated carbocycles. The van der Waals surface area contributed by atoms with Crippen molar-refractivity contribution in [1.82, 2.24) is 15.1 Å². The van der Waals surface area contributed by atoms with Gasteiger partial charge in [0.1, 0.15) is 22.9 Å². The first-order valence-electron chi connectivity index (χ1n) is 14.0. The van der Waals surface area contributed by atoms with Crippen LogP contribution in [0.1, 0.15) is 79.1 Å². The van der Waals surface area contributed by atoms with Crippen molar-refractivity contribution < 1.29 is 23.9 Å². The highest BCUT2D eigenvalue weighted by Crippen LogP contribution is 2.55. The molecule has 0 spiro atoms. The van der Waals surface area contributed by atoms with Crippen LogP contribution in [0.3, 0.4) is 0 Å². The highest BCUT2D eigenvalue weighted by molar-refractivity contribution is 6.38. The minimum Gasteiger partial charge on any atom is -0.493 e. The summed E-state index contributed by atoms with van der Waals surface area (Å²) in [6.45, 7) is 1.06. The highest BCUT2D eigenvalue weighted by atomic mass is 35.5. The van der Waals surface area contributed by atoms with E-state index >= 15 is 0 Å². The van der Waals surface area contributed by atoms with Crippen LogP contribution < -0.4 is 4.74 Å². The average molecular weight is 594 g/mol. The van der Waals surface area contributed by atoms with Crippen molar-refractivity contribution in [3.05, 3.63) is 69.8 Å². The maximum atomic E-state index is 11.2. The van der Waals surface area contributed by atoms with Gasteiger partial charge in [-0.05, 0) is 75.6 Å². The van der Waals surface area contributed by atoms with Crippen LogP contribution in [-0.2, 0) is 11.3 Å². The normalized spacial score (nSPS) is 23.7. The van der Waals surface area contributed by atoms with Crippen LogP contribution in [0.15, 0.2) is 47.2 Å². The molecule has 8 rings (SSSR count). The summed E-state index contributed by atoms with van der Waals surface area (Å²) in [6, 6.07) is 8.91. The smallest absolute Gasteiger partial charge is 0.354 e. The summed E-state index contributed by atoms with van der Waals surface area (Å²) in [5, 5.41) is 15.3. The van der Waals surface area contributed by atoms with Gasteiger partial charge in [-0.25, -0.2) is 9.78 Å². The lowest BCUT2D eigenvalue weighted by molar-refractivity contribution is -0.150. The molecule has 0 atom stereocenters. The molecule has 1 N–H and O–H groups in total. The first-order valence-corrected chi connectivity index (χ1v) is 14.8. The molecule has 8 nitrogen and oxygen atoms in total. The molecule has 0 amide bonds. The van der Waals surface area contributed by atoms with E-state index in [-0.39, 0.29) is 16.7 Å². The van der Waals surface area contributed by atoms with E-state index in [0.717, 1.165) is 73.8 Å². The zero-order chi connectivity index (χ0) is 28.2. The molecule has 10 heteroatoms. The van der Waals surface area contributed by atoms with Crippen LogP contribution >= 0.6 is 23.2 Å². The van der Waals surface area contributed by atoms with Gasteiger partial charge in [0, 0.05) is 40.2 Å². The highest BCUT2D eigenvalue weighted by Gasteiger charge is 2.50. The maximum Gasteiger partial charge on any atom is 0.354 e. The number of hydrogen-bond acceptors (Lipinski definition) is 7. The van der Waals surface area contributed by atoms with Gasteiger partial charge in [-0.3, -0.25) is 4.98 Å². The van der Waals surface area contributed by atoms with Crippen molar-refractivity contribution in [1.29, 1.82) is 0 Å². The first-order chi connectivity index (χ1) is 19.8. The van der Waals surface area contributed by atoms with Crippen LogP contribution in [0.2, 0.25) is 10.0 Å². The maximum absolute atomic E-state index is 11.2. The Bertz CT molecular complexity index is 1610. The van der Waals surface area contributed by atoms with Gasteiger partial charge in [0.15, 0.2) is 0 Å². The molecular weight excluding hydrogens is 565 g/mol.